The summed E-state index contributed by atoms with van der Waals surface area (Å²) in [5, 5.41) is 8.01. The van der Waals surface area contributed by atoms with E-state index >= 15 is 0 Å². The summed E-state index contributed by atoms with van der Waals surface area (Å²) in [6, 6.07) is 8.72. The van der Waals surface area contributed by atoms with Crippen LogP contribution in [-0.4, -0.2) is 44.0 Å². The minimum atomic E-state index is -0.214. The molecule has 142 valence electrons. The molecular weight excluding hydrogens is 356 g/mol. The maximum Gasteiger partial charge on any atom is 0.267 e. The van der Waals surface area contributed by atoms with Gasteiger partial charge in [0.05, 0.1) is 24.9 Å². The van der Waals surface area contributed by atoms with E-state index in [1.54, 1.807) is 30.9 Å². The van der Waals surface area contributed by atoms with Gasteiger partial charge in [0.15, 0.2) is 0 Å². The van der Waals surface area contributed by atoms with Crippen LogP contribution in [0.1, 0.15) is 30.5 Å². The van der Waals surface area contributed by atoms with Crippen molar-refractivity contribution in [3.05, 3.63) is 65.1 Å². The minimum absolute atomic E-state index is 0.0974. The van der Waals surface area contributed by atoms with Crippen molar-refractivity contribution in [1.82, 2.24) is 24.7 Å². The number of hydrogen-bond acceptors (Lipinski definition) is 7. The Balaban J connectivity index is 1.42. The molecule has 0 bridgehead atoms. The number of ether oxygens (including phenoxy) is 1. The summed E-state index contributed by atoms with van der Waals surface area (Å²) in [5.41, 5.74) is 2.56. The van der Waals surface area contributed by atoms with Crippen molar-refractivity contribution >= 4 is 5.82 Å². The fraction of sp³-hybridized carbons (Fsp3) is 0.350. The molecule has 4 heterocycles. The van der Waals surface area contributed by atoms with Gasteiger partial charge in [0.25, 0.3) is 5.56 Å². The normalized spacial score (nSPS) is 21.6. The topological polar surface area (TPSA) is 94.8 Å². The van der Waals surface area contributed by atoms with Crippen molar-refractivity contribution in [2.75, 3.05) is 18.5 Å². The second kappa shape index (κ2) is 7.12. The lowest BCUT2D eigenvalue weighted by molar-refractivity contribution is 0.183. The highest BCUT2D eigenvalue weighted by Gasteiger charge is 2.32. The molecule has 1 aliphatic heterocycles. The third kappa shape index (κ3) is 3.38. The third-order valence-electron chi connectivity index (χ3n) is 5.18. The van der Waals surface area contributed by atoms with Gasteiger partial charge in [-0.1, -0.05) is 0 Å². The van der Waals surface area contributed by atoms with E-state index in [4.69, 9.17) is 4.74 Å². The van der Waals surface area contributed by atoms with Gasteiger partial charge in [0.1, 0.15) is 18.2 Å². The zero-order valence-electron chi connectivity index (χ0n) is 15.2. The summed E-state index contributed by atoms with van der Waals surface area (Å²) in [7, 11) is 0. The van der Waals surface area contributed by atoms with Crippen LogP contribution in [0.15, 0.2) is 53.8 Å². The third-order valence-corrected chi connectivity index (χ3v) is 5.18. The van der Waals surface area contributed by atoms with Crippen molar-refractivity contribution in [2.45, 2.75) is 30.8 Å². The molecule has 5 rings (SSSR count). The second-order valence-electron chi connectivity index (χ2n) is 7.20. The summed E-state index contributed by atoms with van der Waals surface area (Å²) in [6.07, 6.45) is 7.39. The Bertz CT molecular complexity index is 1030. The maximum absolute atomic E-state index is 12.5. The van der Waals surface area contributed by atoms with Crippen LogP contribution in [0.25, 0.3) is 11.3 Å². The van der Waals surface area contributed by atoms with Gasteiger partial charge in [0, 0.05) is 41.7 Å². The van der Waals surface area contributed by atoms with Crippen LogP contribution in [0.4, 0.5) is 5.82 Å². The highest BCUT2D eigenvalue weighted by atomic mass is 16.5. The van der Waals surface area contributed by atoms with Gasteiger partial charge >= 0.3 is 0 Å². The zero-order chi connectivity index (χ0) is 18.9. The molecule has 1 saturated heterocycles. The van der Waals surface area contributed by atoms with Crippen LogP contribution in [0, 0.1) is 0 Å². The molecule has 2 aliphatic rings. The lowest BCUT2D eigenvalue weighted by Crippen LogP contribution is -2.37. The Kier molecular flexibility index (Phi) is 4.32. The average Bonchev–Trinajstić information content (AvgIpc) is 3.49. The van der Waals surface area contributed by atoms with E-state index in [9.17, 15) is 4.79 Å². The van der Waals surface area contributed by atoms with Gasteiger partial charge in [-0.3, -0.25) is 9.78 Å². The van der Waals surface area contributed by atoms with Crippen LogP contribution in [-0.2, 0) is 4.74 Å². The first kappa shape index (κ1) is 17.0. The molecule has 3 aromatic rings. The first-order chi connectivity index (χ1) is 13.8. The van der Waals surface area contributed by atoms with E-state index in [2.05, 4.69) is 25.4 Å². The Morgan fingerprint density at radius 2 is 1.93 bits per heavy atom. The second-order valence-corrected chi connectivity index (χ2v) is 7.20. The molecule has 28 heavy (non-hydrogen) atoms. The van der Waals surface area contributed by atoms with Gasteiger partial charge in [-0.15, -0.1) is 0 Å². The fourth-order valence-electron chi connectivity index (χ4n) is 3.50. The molecule has 0 aromatic carbocycles. The van der Waals surface area contributed by atoms with E-state index in [-0.39, 0.29) is 17.6 Å². The van der Waals surface area contributed by atoms with Gasteiger partial charge in [-0.05, 0) is 31.0 Å². The lowest BCUT2D eigenvalue weighted by atomic mass is 10.1. The maximum atomic E-state index is 12.5. The highest BCUT2D eigenvalue weighted by Crippen LogP contribution is 2.39. The molecule has 0 amide bonds. The SMILES string of the molecule is O=c1ccc(-c2ccncc2)nn1C1COCC1Nc1cc(C2CC2)ncn1. The summed E-state index contributed by atoms with van der Waals surface area (Å²) in [6.45, 7) is 0.909. The van der Waals surface area contributed by atoms with Crippen molar-refractivity contribution in [3.8, 4) is 11.3 Å². The molecule has 8 heteroatoms. The van der Waals surface area contributed by atoms with Crippen molar-refractivity contribution in [1.29, 1.82) is 0 Å². The molecule has 2 atom stereocenters. The van der Waals surface area contributed by atoms with Crippen molar-refractivity contribution in [2.24, 2.45) is 0 Å². The molecule has 0 radical (unpaired) electrons. The van der Waals surface area contributed by atoms with E-state index in [1.165, 1.54) is 17.5 Å². The standard InChI is InChI=1S/C20H20N6O2/c27-20-4-3-15(14-5-7-21-8-6-14)25-26(20)18-11-28-10-17(18)24-19-9-16(13-1-2-13)22-12-23-19/h3-9,12-13,17-18H,1-2,10-11H2,(H,22,23,24). The molecule has 2 unspecified atom stereocenters. The molecule has 1 aliphatic carbocycles. The zero-order valence-corrected chi connectivity index (χ0v) is 15.2. The number of hydrogen-bond donors (Lipinski definition) is 1. The summed E-state index contributed by atoms with van der Waals surface area (Å²) < 4.78 is 7.19. The van der Waals surface area contributed by atoms with Crippen molar-refractivity contribution < 1.29 is 4.74 Å². The summed E-state index contributed by atoms with van der Waals surface area (Å²) >= 11 is 0. The van der Waals surface area contributed by atoms with Crippen molar-refractivity contribution in [3.63, 3.8) is 0 Å². The number of nitrogens with one attached hydrogen (secondary N) is 1. The number of aromatic nitrogens is 5. The molecule has 1 saturated carbocycles. The van der Waals surface area contributed by atoms with E-state index in [0.29, 0.717) is 19.1 Å². The number of anilines is 1. The average molecular weight is 376 g/mol. The van der Waals surface area contributed by atoms with Gasteiger partial charge in [0.2, 0.25) is 0 Å². The lowest BCUT2D eigenvalue weighted by Gasteiger charge is -2.21. The molecule has 1 N–H and O–H groups in total. The fourth-order valence-corrected chi connectivity index (χ4v) is 3.50. The number of rotatable bonds is 5. The van der Waals surface area contributed by atoms with Crippen LogP contribution >= 0.6 is 0 Å². The highest BCUT2D eigenvalue weighted by molar-refractivity contribution is 5.57. The quantitative estimate of drug-likeness (QED) is 0.728. The Hall–Kier alpha value is -3.13. The molecule has 0 spiro atoms. The van der Waals surface area contributed by atoms with E-state index in [1.807, 2.05) is 18.2 Å². The molecular formula is C20H20N6O2. The minimum Gasteiger partial charge on any atom is -0.377 e. The van der Waals surface area contributed by atoms with Gasteiger partial charge in [-0.2, -0.15) is 5.10 Å². The predicted octanol–water partition coefficient (Wildman–Crippen LogP) is 2.02. The Labute approximate surface area is 161 Å². The smallest absolute Gasteiger partial charge is 0.267 e. The van der Waals surface area contributed by atoms with E-state index in [0.717, 1.165) is 22.8 Å². The Morgan fingerprint density at radius 1 is 1.07 bits per heavy atom. The first-order valence-corrected chi connectivity index (χ1v) is 9.44. The van der Waals surface area contributed by atoms with Crippen LogP contribution in [0.3, 0.4) is 0 Å². The van der Waals surface area contributed by atoms with Crippen LogP contribution < -0.4 is 10.9 Å². The summed E-state index contributed by atoms with van der Waals surface area (Å²) in [4.78, 5) is 25.2. The van der Waals surface area contributed by atoms with Gasteiger partial charge < -0.3 is 10.1 Å². The molecule has 8 nitrogen and oxygen atoms in total. The number of nitrogens with zero attached hydrogens (tertiary/aromatic N) is 5. The largest absolute Gasteiger partial charge is 0.377 e. The predicted molar refractivity (Wildman–Crippen MR) is 103 cm³/mol. The molecule has 2 fully saturated rings. The first-order valence-electron chi connectivity index (χ1n) is 9.44. The monoisotopic (exact) mass is 376 g/mol. The van der Waals surface area contributed by atoms with Gasteiger partial charge in [-0.25, -0.2) is 14.6 Å². The molecule has 3 aromatic heterocycles. The summed E-state index contributed by atoms with van der Waals surface area (Å²) in [5.74, 6) is 1.32. The number of pyridine rings is 1. The van der Waals surface area contributed by atoms with E-state index < -0.39 is 0 Å². The van der Waals surface area contributed by atoms with Crippen LogP contribution in [0.5, 0.6) is 0 Å². The Morgan fingerprint density at radius 3 is 2.75 bits per heavy atom. The van der Waals surface area contributed by atoms with Crippen LogP contribution in [0.2, 0.25) is 0 Å².